The molecule has 0 amide bonds. The molecule has 0 radical (unpaired) electrons. The molecule has 0 spiro atoms. The van der Waals surface area contributed by atoms with Gasteiger partial charge in [0.1, 0.15) is 0 Å². The second kappa shape index (κ2) is 6.58. The molecule has 1 rings (SSSR count). The fourth-order valence-electron chi connectivity index (χ4n) is 1.20. The summed E-state index contributed by atoms with van der Waals surface area (Å²) in [6, 6.07) is 6.70. The minimum absolute atomic E-state index is 0.219. The van der Waals surface area contributed by atoms with Gasteiger partial charge < -0.3 is 14.2 Å². The Balaban J connectivity index is 2.69. The van der Waals surface area contributed by atoms with E-state index in [1.165, 1.54) is 21.0 Å². The van der Waals surface area contributed by atoms with Gasteiger partial charge in [-0.3, -0.25) is 0 Å². The lowest BCUT2D eigenvalue weighted by atomic mass is 10.3. The van der Waals surface area contributed by atoms with E-state index in [0.717, 1.165) is 0 Å². The summed E-state index contributed by atoms with van der Waals surface area (Å²) in [5.41, 5.74) is 0.219. The van der Waals surface area contributed by atoms with Crippen molar-refractivity contribution in [2.24, 2.45) is 0 Å². The van der Waals surface area contributed by atoms with E-state index in [1.807, 2.05) is 0 Å². The van der Waals surface area contributed by atoms with Crippen molar-refractivity contribution in [3.8, 4) is 11.5 Å². The molecule has 0 heterocycles. The highest BCUT2D eigenvalue weighted by molar-refractivity contribution is 5.89. The minimum Gasteiger partial charge on any atom is -0.493 e. The number of hydrogen-bond donors (Lipinski definition) is 0. The van der Waals surface area contributed by atoms with Gasteiger partial charge >= 0.3 is 11.9 Å². The molecular formula is C14H16O5. The number of carbonyl (C=O) groups excluding carboxylic acids is 2. The van der Waals surface area contributed by atoms with Crippen LogP contribution in [0.2, 0.25) is 0 Å². The van der Waals surface area contributed by atoms with E-state index in [1.54, 1.807) is 24.3 Å². The second-order valence-corrected chi connectivity index (χ2v) is 3.90. The largest absolute Gasteiger partial charge is 0.493 e. The van der Waals surface area contributed by atoms with Crippen LogP contribution in [-0.4, -0.2) is 25.2 Å². The molecule has 1 unspecified atom stereocenters. The number of hydrogen-bond acceptors (Lipinski definition) is 5. The predicted molar refractivity (Wildman–Crippen MR) is 69.0 cm³/mol. The predicted octanol–water partition coefficient (Wildman–Crippen LogP) is 2.11. The van der Waals surface area contributed by atoms with Crippen molar-refractivity contribution in [3.05, 3.63) is 36.4 Å². The average Bonchev–Trinajstić information content (AvgIpc) is 2.38. The van der Waals surface area contributed by atoms with Gasteiger partial charge in [-0.1, -0.05) is 18.7 Å². The van der Waals surface area contributed by atoms with E-state index in [0.29, 0.717) is 5.75 Å². The maximum atomic E-state index is 11.8. The summed E-state index contributed by atoms with van der Waals surface area (Å²) in [4.78, 5) is 23.0. The van der Waals surface area contributed by atoms with Gasteiger partial charge in [0.05, 0.1) is 7.11 Å². The van der Waals surface area contributed by atoms with Gasteiger partial charge in [0.2, 0.25) is 0 Å². The van der Waals surface area contributed by atoms with Crippen molar-refractivity contribution < 1.29 is 23.8 Å². The Labute approximate surface area is 111 Å². The molecule has 102 valence electrons. The quantitative estimate of drug-likeness (QED) is 0.463. The summed E-state index contributed by atoms with van der Waals surface area (Å²) >= 11 is 0. The van der Waals surface area contributed by atoms with E-state index in [2.05, 4.69) is 6.58 Å². The normalized spacial score (nSPS) is 11.3. The number of carbonyl (C=O) groups is 2. The molecule has 0 saturated carbocycles. The zero-order valence-electron chi connectivity index (χ0n) is 11.1. The van der Waals surface area contributed by atoms with Crippen LogP contribution in [0.15, 0.2) is 36.4 Å². The summed E-state index contributed by atoms with van der Waals surface area (Å²) in [6.45, 7) is 6.36. The van der Waals surface area contributed by atoms with Crippen molar-refractivity contribution in [3.63, 3.8) is 0 Å². The number of ether oxygens (including phenoxy) is 3. The summed E-state index contributed by atoms with van der Waals surface area (Å²) in [5, 5.41) is 0. The molecule has 0 aliphatic rings. The summed E-state index contributed by atoms with van der Waals surface area (Å²) in [6.07, 6.45) is -1.02. The molecule has 1 aromatic carbocycles. The Bertz CT molecular complexity index is 492. The first-order valence-electron chi connectivity index (χ1n) is 5.67. The Morgan fingerprint density at radius 2 is 1.79 bits per heavy atom. The summed E-state index contributed by atoms with van der Waals surface area (Å²) in [5.74, 6) is -0.619. The van der Waals surface area contributed by atoms with Crippen molar-refractivity contribution in [2.45, 2.75) is 20.0 Å². The number of para-hydroxylation sites is 2. The fraction of sp³-hybridized carbons (Fsp3) is 0.286. The summed E-state index contributed by atoms with van der Waals surface area (Å²) in [7, 11) is 1.47. The van der Waals surface area contributed by atoms with Gasteiger partial charge in [0.25, 0.3) is 0 Å². The molecule has 0 aliphatic heterocycles. The Kier molecular flexibility index (Phi) is 5.11. The molecule has 0 bridgehead atoms. The van der Waals surface area contributed by atoms with E-state index >= 15 is 0 Å². The van der Waals surface area contributed by atoms with Gasteiger partial charge in [0, 0.05) is 5.57 Å². The lowest BCUT2D eigenvalue weighted by molar-refractivity contribution is -0.158. The monoisotopic (exact) mass is 264 g/mol. The van der Waals surface area contributed by atoms with Crippen LogP contribution in [-0.2, 0) is 14.3 Å². The van der Waals surface area contributed by atoms with Crippen LogP contribution in [0, 0.1) is 0 Å². The molecule has 0 N–H and O–H groups in total. The third-order valence-corrected chi connectivity index (χ3v) is 2.24. The molecule has 1 atom stereocenters. The number of benzene rings is 1. The first kappa shape index (κ1) is 14.8. The molecule has 0 aliphatic carbocycles. The SMILES string of the molecule is C=C(C)C(=O)OC(C)C(=O)Oc1ccccc1OC. The number of esters is 2. The second-order valence-electron chi connectivity index (χ2n) is 3.90. The molecule has 0 fully saturated rings. The van der Waals surface area contributed by atoms with Crippen LogP contribution in [0.3, 0.4) is 0 Å². The maximum Gasteiger partial charge on any atom is 0.352 e. The summed E-state index contributed by atoms with van der Waals surface area (Å²) < 4.78 is 15.0. The van der Waals surface area contributed by atoms with Crippen LogP contribution in [0.5, 0.6) is 11.5 Å². The Morgan fingerprint density at radius 3 is 2.32 bits per heavy atom. The molecule has 1 aromatic rings. The number of rotatable bonds is 5. The topological polar surface area (TPSA) is 61.8 Å². The zero-order chi connectivity index (χ0) is 14.4. The highest BCUT2D eigenvalue weighted by atomic mass is 16.6. The molecule has 19 heavy (non-hydrogen) atoms. The third-order valence-electron chi connectivity index (χ3n) is 2.24. The maximum absolute atomic E-state index is 11.8. The van der Waals surface area contributed by atoms with Gasteiger partial charge in [0.15, 0.2) is 17.6 Å². The number of methoxy groups -OCH3 is 1. The molecular weight excluding hydrogens is 248 g/mol. The first-order chi connectivity index (χ1) is 8.95. The smallest absolute Gasteiger partial charge is 0.352 e. The van der Waals surface area contributed by atoms with Gasteiger partial charge in [-0.15, -0.1) is 0 Å². The Hall–Kier alpha value is -2.30. The molecule has 5 nitrogen and oxygen atoms in total. The first-order valence-corrected chi connectivity index (χ1v) is 5.67. The van der Waals surface area contributed by atoms with Gasteiger partial charge in [-0.25, -0.2) is 9.59 Å². The highest BCUT2D eigenvalue weighted by Gasteiger charge is 2.21. The lowest BCUT2D eigenvalue weighted by Crippen LogP contribution is -2.28. The van der Waals surface area contributed by atoms with Crippen LogP contribution in [0.25, 0.3) is 0 Å². The van der Waals surface area contributed by atoms with Crippen LogP contribution in [0.4, 0.5) is 0 Å². The molecule has 0 aromatic heterocycles. The van der Waals surface area contributed by atoms with E-state index in [9.17, 15) is 9.59 Å². The minimum atomic E-state index is -1.02. The van der Waals surface area contributed by atoms with Crippen LogP contribution >= 0.6 is 0 Å². The lowest BCUT2D eigenvalue weighted by Gasteiger charge is -2.13. The van der Waals surface area contributed by atoms with E-state index < -0.39 is 18.0 Å². The Morgan fingerprint density at radius 1 is 1.21 bits per heavy atom. The van der Waals surface area contributed by atoms with Gasteiger partial charge in [-0.05, 0) is 26.0 Å². The van der Waals surface area contributed by atoms with E-state index in [4.69, 9.17) is 14.2 Å². The van der Waals surface area contributed by atoms with Crippen molar-refractivity contribution in [1.82, 2.24) is 0 Å². The van der Waals surface area contributed by atoms with Gasteiger partial charge in [-0.2, -0.15) is 0 Å². The molecule has 5 heteroatoms. The van der Waals surface area contributed by atoms with Crippen LogP contribution < -0.4 is 9.47 Å². The molecule has 0 saturated heterocycles. The van der Waals surface area contributed by atoms with Crippen molar-refractivity contribution in [2.75, 3.05) is 7.11 Å². The van der Waals surface area contributed by atoms with E-state index in [-0.39, 0.29) is 11.3 Å². The highest BCUT2D eigenvalue weighted by Crippen LogP contribution is 2.26. The average molecular weight is 264 g/mol. The fourth-order valence-corrected chi connectivity index (χ4v) is 1.20. The van der Waals surface area contributed by atoms with Crippen LogP contribution in [0.1, 0.15) is 13.8 Å². The van der Waals surface area contributed by atoms with Crippen molar-refractivity contribution >= 4 is 11.9 Å². The zero-order valence-corrected chi connectivity index (χ0v) is 11.1. The third kappa shape index (κ3) is 4.13. The standard InChI is InChI=1S/C14H16O5/c1-9(2)13(15)18-10(3)14(16)19-12-8-6-5-7-11(12)17-4/h5-8,10H,1H2,2-4H3. The van der Waals surface area contributed by atoms with Crippen molar-refractivity contribution in [1.29, 1.82) is 0 Å².